The predicted octanol–water partition coefficient (Wildman–Crippen LogP) is 2.41. The first kappa shape index (κ1) is 10.2. The Hall–Kier alpha value is -1.31. The molecule has 1 amide bonds. The molecule has 1 aliphatic rings. The first-order chi connectivity index (χ1) is 7.27. The number of carbonyl (C=O) groups excluding carboxylic acids is 1. The van der Waals surface area contributed by atoms with Crippen LogP contribution in [-0.4, -0.2) is 23.9 Å². The number of benzene rings is 1. The molecule has 0 spiro atoms. The van der Waals surface area contributed by atoms with E-state index in [9.17, 15) is 4.79 Å². The van der Waals surface area contributed by atoms with E-state index in [1.54, 1.807) is 6.92 Å². The highest BCUT2D eigenvalue weighted by atomic mass is 16.2. The zero-order chi connectivity index (χ0) is 10.7. The number of rotatable bonds is 1. The van der Waals surface area contributed by atoms with Crippen LogP contribution in [0.4, 0.5) is 0 Å². The zero-order valence-electron chi connectivity index (χ0n) is 9.15. The van der Waals surface area contributed by atoms with Gasteiger partial charge in [-0.2, -0.15) is 0 Å². The average molecular weight is 203 g/mol. The molecule has 2 rings (SSSR count). The molecule has 1 heterocycles. The summed E-state index contributed by atoms with van der Waals surface area (Å²) in [6.45, 7) is 3.48. The lowest BCUT2D eigenvalue weighted by molar-refractivity contribution is -0.130. The van der Waals surface area contributed by atoms with Gasteiger partial charge in [-0.1, -0.05) is 30.3 Å². The second-order valence-corrected chi connectivity index (χ2v) is 4.21. The van der Waals surface area contributed by atoms with Crippen LogP contribution in [0, 0.1) is 0 Å². The van der Waals surface area contributed by atoms with Gasteiger partial charge in [0, 0.05) is 25.9 Å². The van der Waals surface area contributed by atoms with E-state index >= 15 is 0 Å². The molecule has 0 radical (unpaired) electrons. The molecule has 0 aliphatic carbocycles. The summed E-state index contributed by atoms with van der Waals surface area (Å²) in [5.41, 5.74) is 1.36. The summed E-state index contributed by atoms with van der Waals surface area (Å²) in [7, 11) is 0. The summed E-state index contributed by atoms with van der Waals surface area (Å²) in [6.07, 6.45) is 2.33. The van der Waals surface area contributed by atoms with Crippen LogP contribution in [0.3, 0.4) is 0 Å². The maximum atomic E-state index is 11.3. The lowest BCUT2D eigenvalue weighted by Crippen LogP contribution is -2.37. The van der Waals surface area contributed by atoms with Crippen molar-refractivity contribution in [2.45, 2.75) is 25.7 Å². The molecule has 0 bridgehead atoms. The number of piperidine rings is 1. The maximum absolute atomic E-state index is 11.3. The van der Waals surface area contributed by atoms with Crippen LogP contribution in [-0.2, 0) is 4.79 Å². The molecule has 2 nitrogen and oxygen atoms in total. The maximum Gasteiger partial charge on any atom is 0.219 e. The third-order valence-corrected chi connectivity index (χ3v) is 3.14. The number of amides is 1. The Balaban J connectivity index is 2.08. The van der Waals surface area contributed by atoms with Gasteiger partial charge in [0.1, 0.15) is 0 Å². The van der Waals surface area contributed by atoms with Crippen molar-refractivity contribution < 1.29 is 4.79 Å². The van der Waals surface area contributed by atoms with Crippen LogP contribution in [0.1, 0.15) is 31.2 Å². The van der Waals surface area contributed by atoms with Gasteiger partial charge in [-0.3, -0.25) is 4.79 Å². The Morgan fingerprint density at radius 1 is 1.33 bits per heavy atom. The van der Waals surface area contributed by atoms with Crippen LogP contribution in [0.2, 0.25) is 0 Å². The molecule has 0 saturated carbocycles. The summed E-state index contributed by atoms with van der Waals surface area (Å²) >= 11 is 0. The molecule has 1 aromatic carbocycles. The van der Waals surface area contributed by atoms with Crippen molar-refractivity contribution in [1.82, 2.24) is 4.90 Å². The second kappa shape index (κ2) is 4.47. The van der Waals surface area contributed by atoms with Gasteiger partial charge in [0.25, 0.3) is 0 Å². The van der Waals surface area contributed by atoms with Crippen LogP contribution in [0.15, 0.2) is 30.3 Å². The molecule has 0 N–H and O–H groups in total. The van der Waals surface area contributed by atoms with Gasteiger partial charge in [0.2, 0.25) is 5.91 Å². The van der Waals surface area contributed by atoms with Gasteiger partial charge in [-0.15, -0.1) is 0 Å². The molecule has 2 heteroatoms. The summed E-state index contributed by atoms with van der Waals surface area (Å²) in [6, 6.07) is 10.5. The first-order valence-corrected chi connectivity index (χ1v) is 5.58. The fraction of sp³-hybridized carbons (Fsp3) is 0.462. The Kier molecular flexibility index (Phi) is 3.05. The van der Waals surface area contributed by atoms with Crippen molar-refractivity contribution in [2.24, 2.45) is 0 Å². The van der Waals surface area contributed by atoms with Gasteiger partial charge >= 0.3 is 0 Å². The molecule has 1 fully saturated rings. The molecule has 1 atom stereocenters. The van der Waals surface area contributed by atoms with Gasteiger partial charge in [0.15, 0.2) is 0 Å². The Labute approximate surface area is 90.9 Å². The van der Waals surface area contributed by atoms with E-state index in [4.69, 9.17) is 0 Å². The van der Waals surface area contributed by atoms with Crippen LogP contribution < -0.4 is 0 Å². The van der Waals surface area contributed by atoms with Gasteiger partial charge < -0.3 is 4.90 Å². The Morgan fingerprint density at radius 3 is 2.73 bits per heavy atom. The Bertz CT molecular complexity index is 334. The molecule has 1 aromatic rings. The minimum atomic E-state index is 0.204. The van der Waals surface area contributed by atoms with Crippen molar-refractivity contribution in [3.05, 3.63) is 35.9 Å². The lowest BCUT2D eigenvalue weighted by atomic mass is 9.91. The lowest BCUT2D eigenvalue weighted by Gasteiger charge is -2.32. The number of nitrogens with zero attached hydrogens (tertiary/aromatic N) is 1. The van der Waals surface area contributed by atoms with E-state index < -0.39 is 0 Å². The van der Waals surface area contributed by atoms with E-state index in [1.807, 2.05) is 11.0 Å². The molecule has 0 unspecified atom stereocenters. The monoisotopic (exact) mass is 203 g/mol. The van der Waals surface area contributed by atoms with E-state index in [1.165, 1.54) is 12.0 Å². The van der Waals surface area contributed by atoms with E-state index in [0.717, 1.165) is 19.5 Å². The molecule has 1 aliphatic heterocycles. The summed E-state index contributed by atoms with van der Waals surface area (Å²) in [4.78, 5) is 13.3. The normalized spacial score (nSPS) is 21.4. The topological polar surface area (TPSA) is 20.3 Å². The van der Waals surface area contributed by atoms with Crippen molar-refractivity contribution in [3.8, 4) is 0 Å². The highest BCUT2D eigenvalue weighted by Gasteiger charge is 2.22. The Morgan fingerprint density at radius 2 is 2.07 bits per heavy atom. The number of hydrogen-bond acceptors (Lipinski definition) is 1. The van der Waals surface area contributed by atoms with Crippen LogP contribution in [0.5, 0.6) is 0 Å². The molecule has 0 aromatic heterocycles. The van der Waals surface area contributed by atoms with E-state index in [0.29, 0.717) is 5.92 Å². The summed E-state index contributed by atoms with van der Waals surface area (Å²) in [5, 5.41) is 0. The fourth-order valence-electron chi connectivity index (χ4n) is 2.26. The number of hydrogen-bond donors (Lipinski definition) is 0. The van der Waals surface area contributed by atoms with E-state index in [2.05, 4.69) is 24.3 Å². The third-order valence-electron chi connectivity index (χ3n) is 3.14. The molecular weight excluding hydrogens is 186 g/mol. The summed E-state index contributed by atoms with van der Waals surface area (Å²) in [5.74, 6) is 0.736. The average Bonchev–Trinajstić information content (AvgIpc) is 2.30. The van der Waals surface area contributed by atoms with Crippen LogP contribution >= 0.6 is 0 Å². The second-order valence-electron chi connectivity index (χ2n) is 4.21. The van der Waals surface area contributed by atoms with Crippen molar-refractivity contribution in [3.63, 3.8) is 0 Å². The predicted molar refractivity (Wildman–Crippen MR) is 60.7 cm³/mol. The zero-order valence-corrected chi connectivity index (χ0v) is 9.15. The summed E-state index contributed by atoms with van der Waals surface area (Å²) < 4.78 is 0. The van der Waals surface area contributed by atoms with Crippen molar-refractivity contribution in [1.29, 1.82) is 0 Å². The standard InChI is InChI=1S/C13H17NO/c1-11(15)14-9-5-8-13(10-14)12-6-3-2-4-7-12/h2-4,6-7,13H,5,8-10H2,1H3/t13-/m0/s1. The van der Waals surface area contributed by atoms with Crippen LogP contribution in [0.25, 0.3) is 0 Å². The van der Waals surface area contributed by atoms with Gasteiger partial charge in [-0.25, -0.2) is 0 Å². The molecular formula is C13H17NO. The van der Waals surface area contributed by atoms with Crippen molar-refractivity contribution in [2.75, 3.05) is 13.1 Å². The highest BCUT2D eigenvalue weighted by molar-refractivity contribution is 5.73. The molecule has 80 valence electrons. The molecule has 15 heavy (non-hydrogen) atoms. The largest absolute Gasteiger partial charge is 0.342 e. The first-order valence-electron chi connectivity index (χ1n) is 5.58. The SMILES string of the molecule is CC(=O)N1CCC[C@H](c2ccccc2)C1. The van der Waals surface area contributed by atoms with Gasteiger partial charge in [-0.05, 0) is 18.4 Å². The quantitative estimate of drug-likeness (QED) is 0.686. The number of carbonyl (C=O) groups is 1. The van der Waals surface area contributed by atoms with Crippen molar-refractivity contribution >= 4 is 5.91 Å². The minimum absolute atomic E-state index is 0.204. The number of likely N-dealkylation sites (tertiary alicyclic amines) is 1. The van der Waals surface area contributed by atoms with E-state index in [-0.39, 0.29) is 5.91 Å². The van der Waals surface area contributed by atoms with Gasteiger partial charge in [0.05, 0.1) is 0 Å². The third kappa shape index (κ3) is 2.38. The highest BCUT2D eigenvalue weighted by Crippen LogP contribution is 2.26. The molecule has 1 saturated heterocycles. The minimum Gasteiger partial charge on any atom is -0.342 e. The fourth-order valence-corrected chi connectivity index (χ4v) is 2.26. The smallest absolute Gasteiger partial charge is 0.219 e.